The van der Waals surface area contributed by atoms with Gasteiger partial charge in [-0.1, -0.05) is 53.0 Å². The lowest BCUT2D eigenvalue weighted by molar-refractivity contribution is -0.160. The molecule has 1 aromatic rings. The molecule has 11 nitrogen and oxygen atoms in total. The van der Waals surface area contributed by atoms with Crippen molar-refractivity contribution in [3.05, 3.63) is 41.6 Å². The number of carbonyl (C=O) groups excluding carboxylic acids is 4. The van der Waals surface area contributed by atoms with Gasteiger partial charge in [0.05, 0.1) is 13.7 Å². The predicted octanol–water partition coefficient (Wildman–Crippen LogP) is 3.46. The minimum absolute atomic E-state index is 0.142. The highest BCUT2D eigenvalue weighted by molar-refractivity contribution is 8.00. The van der Waals surface area contributed by atoms with E-state index in [1.807, 2.05) is 30.3 Å². The third kappa shape index (κ3) is 8.67. The molecule has 1 fully saturated rings. The van der Waals surface area contributed by atoms with Crippen molar-refractivity contribution in [3.8, 4) is 5.75 Å². The number of thioether (sulfide) groups is 1. The molecule has 2 aliphatic heterocycles. The highest BCUT2D eigenvalue weighted by Gasteiger charge is 2.56. The van der Waals surface area contributed by atoms with Crippen molar-refractivity contribution in [2.75, 3.05) is 20.3 Å². The second kappa shape index (κ2) is 14.5. The Hall–Kier alpha value is -2.67. The second-order valence-corrected chi connectivity index (χ2v) is 13.1. The van der Waals surface area contributed by atoms with E-state index in [2.05, 4.69) is 5.32 Å². The number of para-hydroxylation sites is 1. The molecule has 3 rings (SSSR count). The second-order valence-electron chi connectivity index (χ2n) is 9.26. The van der Waals surface area contributed by atoms with Crippen LogP contribution in [-0.2, 0) is 33.4 Å². The molecule has 2 N–H and O–H groups in total. The SMILES string of the molecule is COC(=O)C(CC1S[C@H]2C(NC(=O)CCCCOc3ccccc3)C(=O)N2C(C(=O)O)=C1C)C(=O)OCC(Cl)(Cl)Cl. The standard InChI is InChI=1S/C26H29Cl3N2O9S/c1-14-17(12-16(24(36)38-2)25(37)40-13-26(27,28)29)41-22-19(21(33)31(22)20(14)23(34)35)30-18(32)10-6-7-11-39-15-8-4-3-5-9-15/h3-5,8-9,16-17,19,22H,6-7,10-13H2,1-2H3,(H,30,32)(H,34,35)/t16?,17?,19?,22-/m0/s1. The Balaban J connectivity index is 1.64. The van der Waals surface area contributed by atoms with E-state index in [-0.39, 0.29) is 30.0 Å². The molecule has 41 heavy (non-hydrogen) atoms. The maximum Gasteiger partial charge on any atom is 0.352 e. The molecule has 0 aromatic heterocycles. The number of fused-ring (bicyclic) bond motifs is 1. The summed E-state index contributed by atoms with van der Waals surface area (Å²) in [6, 6.07) is 8.27. The highest BCUT2D eigenvalue weighted by atomic mass is 35.6. The zero-order valence-corrected chi connectivity index (χ0v) is 25.2. The van der Waals surface area contributed by atoms with Crippen molar-refractivity contribution in [1.29, 1.82) is 0 Å². The Morgan fingerprint density at radius 1 is 1.12 bits per heavy atom. The number of nitrogens with one attached hydrogen (secondary N) is 1. The first-order valence-corrected chi connectivity index (χ1v) is 14.6. The van der Waals surface area contributed by atoms with E-state index in [4.69, 9.17) is 49.0 Å². The van der Waals surface area contributed by atoms with Crippen LogP contribution in [0.1, 0.15) is 32.6 Å². The Morgan fingerprint density at radius 2 is 1.80 bits per heavy atom. The number of carboxylic acid groups (broad SMARTS) is 1. The minimum atomic E-state index is -1.91. The molecule has 0 saturated carbocycles. The summed E-state index contributed by atoms with van der Waals surface area (Å²) in [5.41, 5.74) is -0.0102. The van der Waals surface area contributed by atoms with Crippen molar-refractivity contribution in [2.24, 2.45) is 5.92 Å². The number of aliphatic carboxylic acids is 1. The fourth-order valence-corrected chi connectivity index (χ4v) is 6.12. The van der Waals surface area contributed by atoms with Crippen molar-refractivity contribution in [1.82, 2.24) is 10.2 Å². The number of esters is 2. The van der Waals surface area contributed by atoms with Crippen LogP contribution in [-0.4, -0.2) is 80.5 Å². The van der Waals surface area contributed by atoms with Gasteiger partial charge in [-0.25, -0.2) is 4.79 Å². The van der Waals surface area contributed by atoms with Crippen LogP contribution in [0.3, 0.4) is 0 Å². The molecular formula is C26H29Cl3N2O9S. The summed E-state index contributed by atoms with van der Waals surface area (Å²) in [4.78, 5) is 63.8. The average Bonchev–Trinajstić information content (AvgIpc) is 2.93. The van der Waals surface area contributed by atoms with E-state index in [1.54, 1.807) is 0 Å². The quantitative estimate of drug-likeness (QED) is 0.107. The first kappa shape index (κ1) is 32.8. The molecule has 15 heteroatoms. The monoisotopic (exact) mass is 650 g/mol. The fourth-order valence-electron chi connectivity index (χ4n) is 4.33. The van der Waals surface area contributed by atoms with Crippen molar-refractivity contribution in [3.63, 3.8) is 0 Å². The lowest BCUT2D eigenvalue weighted by atomic mass is 9.95. The van der Waals surface area contributed by atoms with E-state index in [0.717, 1.165) is 29.5 Å². The molecule has 0 aliphatic carbocycles. The number of halogens is 3. The van der Waals surface area contributed by atoms with Gasteiger partial charge >= 0.3 is 17.9 Å². The largest absolute Gasteiger partial charge is 0.494 e. The van der Waals surface area contributed by atoms with Gasteiger partial charge in [0.1, 0.15) is 29.5 Å². The molecule has 3 unspecified atom stereocenters. The fraction of sp³-hybridized carbons (Fsp3) is 0.500. The normalized spacial score (nSPS) is 20.9. The van der Waals surface area contributed by atoms with E-state index >= 15 is 0 Å². The van der Waals surface area contributed by atoms with Gasteiger partial charge in [0.25, 0.3) is 5.91 Å². The van der Waals surface area contributed by atoms with Crippen LogP contribution >= 0.6 is 46.6 Å². The lowest BCUT2D eigenvalue weighted by Crippen LogP contribution is -2.71. The summed E-state index contributed by atoms with van der Waals surface area (Å²) < 4.78 is 13.4. The number of benzene rings is 1. The van der Waals surface area contributed by atoms with Gasteiger partial charge in [-0.3, -0.25) is 24.1 Å². The molecule has 0 bridgehead atoms. The topological polar surface area (TPSA) is 149 Å². The zero-order valence-electron chi connectivity index (χ0n) is 22.1. The van der Waals surface area contributed by atoms with Gasteiger partial charge in [-0.05, 0) is 43.9 Å². The number of alkyl halides is 3. The van der Waals surface area contributed by atoms with E-state index in [0.29, 0.717) is 19.4 Å². The third-order valence-electron chi connectivity index (χ3n) is 6.37. The number of ether oxygens (including phenoxy) is 3. The Kier molecular flexibility index (Phi) is 11.6. The van der Waals surface area contributed by atoms with E-state index < -0.39 is 56.8 Å². The number of hydrogen-bond donors (Lipinski definition) is 2. The summed E-state index contributed by atoms with van der Waals surface area (Å²) in [5, 5.41) is 11.1. The summed E-state index contributed by atoms with van der Waals surface area (Å²) in [5.74, 6) is -4.95. The van der Waals surface area contributed by atoms with Crippen LogP contribution in [0.4, 0.5) is 0 Å². The smallest absolute Gasteiger partial charge is 0.352 e. The number of nitrogens with zero attached hydrogens (tertiary/aromatic N) is 1. The molecule has 0 radical (unpaired) electrons. The van der Waals surface area contributed by atoms with Gasteiger partial charge in [0.2, 0.25) is 9.70 Å². The van der Waals surface area contributed by atoms with Gasteiger partial charge in [-0.15, -0.1) is 11.8 Å². The summed E-state index contributed by atoms with van der Waals surface area (Å²) in [6.07, 6.45) is 1.06. The van der Waals surface area contributed by atoms with E-state index in [9.17, 15) is 29.1 Å². The number of carbonyl (C=O) groups is 5. The molecule has 1 aromatic carbocycles. The van der Waals surface area contributed by atoms with Crippen molar-refractivity contribution >= 4 is 76.3 Å². The van der Waals surface area contributed by atoms with Gasteiger partial charge in [0.15, 0.2) is 5.92 Å². The summed E-state index contributed by atoms with van der Waals surface area (Å²) >= 11 is 18.0. The first-order chi connectivity index (χ1) is 19.3. The minimum Gasteiger partial charge on any atom is -0.494 e. The summed E-state index contributed by atoms with van der Waals surface area (Å²) in [6.45, 7) is 1.30. The molecule has 1 saturated heterocycles. The lowest BCUT2D eigenvalue weighted by Gasteiger charge is -2.51. The summed E-state index contributed by atoms with van der Waals surface area (Å²) in [7, 11) is 1.09. The number of unbranched alkanes of at least 4 members (excludes halogenated alkanes) is 1. The maximum absolute atomic E-state index is 12.9. The van der Waals surface area contributed by atoms with Crippen LogP contribution in [0.15, 0.2) is 41.6 Å². The maximum atomic E-state index is 12.9. The molecule has 224 valence electrons. The van der Waals surface area contributed by atoms with Crippen molar-refractivity contribution < 1.29 is 43.3 Å². The zero-order chi connectivity index (χ0) is 30.3. The van der Waals surface area contributed by atoms with Crippen LogP contribution in [0, 0.1) is 5.92 Å². The molecule has 2 amide bonds. The number of amides is 2. The number of methoxy groups -OCH3 is 1. The van der Waals surface area contributed by atoms with Gasteiger partial charge in [-0.2, -0.15) is 0 Å². The first-order valence-electron chi connectivity index (χ1n) is 12.5. The van der Waals surface area contributed by atoms with E-state index in [1.165, 1.54) is 6.92 Å². The average molecular weight is 652 g/mol. The highest BCUT2D eigenvalue weighted by Crippen LogP contribution is 2.46. The predicted molar refractivity (Wildman–Crippen MR) is 151 cm³/mol. The van der Waals surface area contributed by atoms with Gasteiger partial charge < -0.3 is 24.6 Å². The third-order valence-corrected chi connectivity index (χ3v) is 8.34. The molecule has 4 atom stereocenters. The Labute approximate surface area is 255 Å². The number of hydrogen-bond acceptors (Lipinski definition) is 9. The Morgan fingerprint density at radius 3 is 2.41 bits per heavy atom. The van der Waals surface area contributed by atoms with Crippen LogP contribution in [0.25, 0.3) is 0 Å². The molecule has 0 spiro atoms. The molecule has 2 aliphatic rings. The van der Waals surface area contributed by atoms with Gasteiger partial charge in [0, 0.05) is 11.7 Å². The van der Waals surface area contributed by atoms with Crippen LogP contribution in [0.5, 0.6) is 5.75 Å². The number of carboxylic acids is 1. The number of rotatable bonds is 13. The van der Waals surface area contributed by atoms with Crippen molar-refractivity contribution in [2.45, 2.75) is 53.1 Å². The number of β-lactam (4-membered cyclic amide) rings is 1. The van der Waals surface area contributed by atoms with Crippen LogP contribution in [0.2, 0.25) is 0 Å². The molecular weight excluding hydrogens is 623 g/mol. The Bertz CT molecular complexity index is 1190. The molecule has 2 heterocycles. The van der Waals surface area contributed by atoms with Crippen LogP contribution < -0.4 is 10.1 Å².